The summed E-state index contributed by atoms with van der Waals surface area (Å²) in [6.07, 6.45) is 1.82. The molecule has 0 radical (unpaired) electrons. The Labute approximate surface area is 112 Å². The van der Waals surface area contributed by atoms with E-state index >= 15 is 0 Å². The maximum atomic E-state index is 5.73. The summed E-state index contributed by atoms with van der Waals surface area (Å²) in [5.41, 5.74) is 9.23. The van der Waals surface area contributed by atoms with Crippen LogP contribution >= 0.6 is 11.8 Å². The first-order chi connectivity index (χ1) is 8.60. The van der Waals surface area contributed by atoms with Crippen LogP contribution in [0.25, 0.3) is 0 Å². The molecule has 3 nitrogen and oxygen atoms in total. The average molecular weight is 259 g/mol. The van der Waals surface area contributed by atoms with Crippen LogP contribution in [0.2, 0.25) is 0 Å². The Morgan fingerprint density at radius 2 is 2.00 bits per heavy atom. The molecular weight excluding hydrogens is 242 g/mol. The van der Waals surface area contributed by atoms with E-state index in [0.29, 0.717) is 6.54 Å². The molecule has 0 fully saturated rings. The molecule has 0 aliphatic heterocycles. The van der Waals surface area contributed by atoms with Gasteiger partial charge in [-0.25, -0.2) is 9.97 Å². The van der Waals surface area contributed by atoms with Gasteiger partial charge in [-0.2, -0.15) is 0 Å². The van der Waals surface area contributed by atoms with Crippen LogP contribution in [0.5, 0.6) is 0 Å². The van der Waals surface area contributed by atoms with E-state index in [4.69, 9.17) is 5.73 Å². The van der Waals surface area contributed by atoms with Crippen molar-refractivity contribution in [2.45, 2.75) is 37.2 Å². The van der Waals surface area contributed by atoms with E-state index in [1.807, 2.05) is 13.1 Å². The van der Waals surface area contributed by atoms with Crippen molar-refractivity contribution < 1.29 is 0 Å². The van der Waals surface area contributed by atoms with Crippen LogP contribution in [0.3, 0.4) is 0 Å². The van der Waals surface area contributed by atoms with E-state index < -0.39 is 0 Å². The molecule has 2 aromatic rings. The molecule has 94 valence electrons. The Hall–Kier alpha value is -1.39. The lowest BCUT2D eigenvalue weighted by molar-refractivity contribution is 0.885. The summed E-state index contributed by atoms with van der Waals surface area (Å²) in [5.74, 6) is 0.778. The summed E-state index contributed by atoms with van der Waals surface area (Å²) in [6, 6.07) is 6.43. The van der Waals surface area contributed by atoms with Crippen molar-refractivity contribution in [1.82, 2.24) is 9.97 Å². The van der Waals surface area contributed by atoms with Gasteiger partial charge in [-0.1, -0.05) is 23.9 Å². The van der Waals surface area contributed by atoms with Crippen molar-refractivity contribution in [2.24, 2.45) is 5.73 Å². The highest BCUT2D eigenvalue weighted by Crippen LogP contribution is 2.31. The fourth-order valence-corrected chi connectivity index (χ4v) is 2.75. The summed E-state index contributed by atoms with van der Waals surface area (Å²) in [5, 5.41) is 0.957. The third-order valence-electron chi connectivity index (χ3n) is 2.72. The Balaban J connectivity index is 2.38. The number of aromatic nitrogens is 2. The average Bonchev–Trinajstić information content (AvgIpc) is 2.34. The molecule has 2 rings (SSSR count). The van der Waals surface area contributed by atoms with Crippen LogP contribution in [0.4, 0.5) is 0 Å². The standard InChI is InChI=1S/C14H17N3S/c1-9-4-5-10(2)13(6-9)18-14-12(7-15)8-16-11(3)17-14/h4-6,8H,7,15H2,1-3H3. The van der Waals surface area contributed by atoms with Gasteiger partial charge in [-0.05, 0) is 38.0 Å². The fourth-order valence-electron chi connectivity index (χ4n) is 1.62. The Morgan fingerprint density at radius 3 is 2.72 bits per heavy atom. The molecular formula is C14H17N3S. The summed E-state index contributed by atoms with van der Waals surface area (Å²) in [4.78, 5) is 9.89. The SMILES string of the molecule is Cc1ccc(C)c(Sc2nc(C)ncc2CN)c1. The molecule has 0 aliphatic rings. The van der Waals surface area contributed by atoms with Crippen LogP contribution in [0.1, 0.15) is 22.5 Å². The van der Waals surface area contributed by atoms with Crippen molar-refractivity contribution in [3.63, 3.8) is 0 Å². The summed E-state index contributed by atoms with van der Waals surface area (Å²) < 4.78 is 0. The first-order valence-corrected chi connectivity index (χ1v) is 6.69. The van der Waals surface area contributed by atoms with Crippen molar-refractivity contribution in [3.8, 4) is 0 Å². The lowest BCUT2D eigenvalue weighted by atomic mass is 10.2. The molecule has 18 heavy (non-hydrogen) atoms. The van der Waals surface area contributed by atoms with Gasteiger partial charge in [0, 0.05) is 23.2 Å². The van der Waals surface area contributed by atoms with Gasteiger partial charge in [0.15, 0.2) is 0 Å². The summed E-state index contributed by atoms with van der Waals surface area (Å²) in [6.45, 7) is 6.57. The minimum atomic E-state index is 0.466. The normalized spacial score (nSPS) is 10.7. The van der Waals surface area contributed by atoms with Gasteiger partial charge < -0.3 is 5.73 Å². The molecule has 0 unspecified atom stereocenters. The number of rotatable bonds is 3. The number of nitrogens with two attached hydrogens (primary N) is 1. The molecule has 1 heterocycles. The zero-order chi connectivity index (χ0) is 13.1. The van der Waals surface area contributed by atoms with Crippen LogP contribution in [0, 0.1) is 20.8 Å². The predicted molar refractivity (Wildman–Crippen MR) is 74.7 cm³/mol. The summed E-state index contributed by atoms with van der Waals surface area (Å²) >= 11 is 1.66. The lowest BCUT2D eigenvalue weighted by Gasteiger charge is -2.09. The van der Waals surface area contributed by atoms with Crippen LogP contribution in [0.15, 0.2) is 34.3 Å². The molecule has 0 saturated carbocycles. The topological polar surface area (TPSA) is 51.8 Å². The van der Waals surface area contributed by atoms with Crippen LogP contribution in [-0.2, 0) is 6.54 Å². The minimum Gasteiger partial charge on any atom is -0.326 e. The minimum absolute atomic E-state index is 0.466. The highest BCUT2D eigenvalue weighted by Gasteiger charge is 2.08. The second kappa shape index (κ2) is 5.50. The number of benzene rings is 1. The van der Waals surface area contributed by atoms with E-state index in [2.05, 4.69) is 42.0 Å². The molecule has 0 saturated heterocycles. The number of hydrogen-bond donors (Lipinski definition) is 1. The Kier molecular flexibility index (Phi) is 3.99. The molecule has 0 atom stereocenters. The zero-order valence-corrected chi connectivity index (χ0v) is 11.7. The van der Waals surface area contributed by atoms with E-state index in [1.54, 1.807) is 11.8 Å². The molecule has 0 bridgehead atoms. The van der Waals surface area contributed by atoms with E-state index in [1.165, 1.54) is 16.0 Å². The van der Waals surface area contributed by atoms with Crippen molar-refractivity contribution >= 4 is 11.8 Å². The molecule has 2 N–H and O–H groups in total. The van der Waals surface area contributed by atoms with Gasteiger partial charge in [-0.3, -0.25) is 0 Å². The maximum Gasteiger partial charge on any atom is 0.126 e. The highest BCUT2D eigenvalue weighted by molar-refractivity contribution is 7.99. The van der Waals surface area contributed by atoms with Gasteiger partial charge in [0.1, 0.15) is 10.9 Å². The third kappa shape index (κ3) is 2.89. The first-order valence-electron chi connectivity index (χ1n) is 5.88. The lowest BCUT2D eigenvalue weighted by Crippen LogP contribution is -2.03. The van der Waals surface area contributed by atoms with E-state index in [0.717, 1.165) is 16.4 Å². The predicted octanol–water partition coefficient (Wildman–Crippen LogP) is 3.01. The quantitative estimate of drug-likeness (QED) is 0.861. The summed E-state index contributed by atoms with van der Waals surface area (Å²) in [7, 11) is 0. The number of hydrogen-bond acceptors (Lipinski definition) is 4. The van der Waals surface area contributed by atoms with Crippen LogP contribution in [-0.4, -0.2) is 9.97 Å². The number of nitrogens with zero attached hydrogens (tertiary/aromatic N) is 2. The second-order valence-electron chi connectivity index (χ2n) is 4.32. The van der Waals surface area contributed by atoms with E-state index in [-0.39, 0.29) is 0 Å². The maximum absolute atomic E-state index is 5.73. The molecule has 0 amide bonds. The van der Waals surface area contributed by atoms with Gasteiger partial charge in [0.2, 0.25) is 0 Å². The Morgan fingerprint density at radius 1 is 1.22 bits per heavy atom. The van der Waals surface area contributed by atoms with Gasteiger partial charge in [0.25, 0.3) is 0 Å². The zero-order valence-electron chi connectivity index (χ0n) is 10.9. The van der Waals surface area contributed by atoms with Gasteiger partial charge in [0.05, 0.1) is 0 Å². The Bertz CT molecular complexity index is 567. The van der Waals surface area contributed by atoms with Crippen molar-refractivity contribution in [2.75, 3.05) is 0 Å². The largest absolute Gasteiger partial charge is 0.326 e. The number of aryl methyl sites for hydroxylation is 3. The molecule has 1 aromatic heterocycles. The fraction of sp³-hybridized carbons (Fsp3) is 0.286. The van der Waals surface area contributed by atoms with Crippen molar-refractivity contribution in [1.29, 1.82) is 0 Å². The smallest absolute Gasteiger partial charge is 0.126 e. The molecule has 4 heteroatoms. The monoisotopic (exact) mass is 259 g/mol. The van der Waals surface area contributed by atoms with Crippen LogP contribution < -0.4 is 5.73 Å². The molecule has 0 spiro atoms. The van der Waals surface area contributed by atoms with Gasteiger partial charge in [-0.15, -0.1) is 0 Å². The van der Waals surface area contributed by atoms with Crippen molar-refractivity contribution in [3.05, 3.63) is 46.9 Å². The highest BCUT2D eigenvalue weighted by atomic mass is 32.2. The molecule has 0 aliphatic carbocycles. The van der Waals surface area contributed by atoms with Gasteiger partial charge >= 0.3 is 0 Å². The molecule has 1 aromatic carbocycles. The first kappa shape index (κ1) is 13.1. The second-order valence-corrected chi connectivity index (χ2v) is 5.35. The van der Waals surface area contributed by atoms with E-state index in [9.17, 15) is 0 Å². The third-order valence-corrected chi connectivity index (χ3v) is 3.92.